The van der Waals surface area contributed by atoms with E-state index < -0.39 is 0 Å². The van der Waals surface area contributed by atoms with Crippen LogP contribution in [0, 0.1) is 0 Å². The zero-order valence-corrected chi connectivity index (χ0v) is 13.5. The number of hydrogen-bond acceptors (Lipinski definition) is 2. The first-order chi connectivity index (χ1) is 9.20. The first kappa shape index (κ1) is 15.1. The Labute approximate surface area is 128 Å². The van der Waals surface area contributed by atoms with Gasteiger partial charge in [0, 0.05) is 6.61 Å². The maximum Gasteiger partial charge on any atom is 0.133 e. The summed E-state index contributed by atoms with van der Waals surface area (Å²) in [6.45, 7) is 3.56. The molecule has 2 atom stereocenters. The summed E-state index contributed by atoms with van der Waals surface area (Å²) in [4.78, 5) is 0. The van der Waals surface area contributed by atoms with E-state index in [-0.39, 0.29) is 5.38 Å². The van der Waals surface area contributed by atoms with Gasteiger partial charge in [0.05, 0.1) is 22.6 Å². The van der Waals surface area contributed by atoms with Crippen LogP contribution in [-0.2, 0) is 4.74 Å². The summed E-state index contributed by atoms with van der Waals surface area (Å²) in [5.41, 5.74) is 1.13. The maximum absolute atomic E-state index is 6.47. The van der Waals surface area contributed by atoms with Gasteiger partial charge in [-0.15, -0.1) is 11.6 Å². The molecule has 0 bridgehead atoms. The number of hydrogen-bond donors (Lipinski definition) is 0. The molecule has 1 aliphatic rings. The first-order valence-electron chi connectivity index (χ1n) is 6.88. The Morgan fingerprint density at radius 1 is 1.53 bits per heavy atom. The van der Waals surface area contributed by atoms with Crippen LogP contribution in [0.3, 0.4) is 0 Å². The molecule has 106 valence electrons. The van der Waals surface area contributed by atoms with E-state index in [1.54, 1.807) is 0 Å². The minimum Gasteiger partial charge on any atom is -0.493 e. The van der Waals surface area contributed by atoms with Gasteiger partial charge in [-0.05, 0) is 66.2 Å². The Morgan fingerprint density at radius 2 is 2.37 bits per heavy atom. The van der Waals surface area contributed by atoms with Gasteiger partial charge in [0.15, 0.2) is 0 Å². The molecule has 2 rings (SSSR count). The molecule has 2 unspecified atom stereocenters. The largest absolute Gasteiger partial charge is 0.493 e. The van der Waals surface area contributed by atoms with E-state index >= 15 is 0 Å². The topological polar surface area (TPSA) is 18.5 Å². The first-order valence-corrected chi connectivity index (χ1v) is 8.11. The van der Waals surface area contributed by atoms with Crippen molar-refractivity contribution in [3.05, 3.63) is 28.2 Å². The fourth-order valence-electron chi connectivity index (χ4n) is 2.36. The van der Waals surface area contributed by atoms with Crippen LogP contribution in [0.1, 0.15) is 43.5 Å². The molecule has 19 heavy (non-hydrogen) atoms. The zero-order chi connectivity index (χ0) is 13.7. The lowest BCUT2D eigenvalue weighted by Gasteiger charge is -2.15. The minimum atomic E-state index is 0.0381. The normalized spacial score (nSPS) is 20.5. The molecule has 0 spiro atoms. The van der Waals surface area contributed by atoms with Crippen molar-refractivity contribution in [2.24, 2.45) is 0 Å². The second-order valence-electron chi connectivity index (χ2n) is 4.80. The van der Waals surface area contributed by atoms with Crippen molar-refractivity contribution >= 4 is 27.5 Å². The number of halogens is 2. The smallest absolute Gasteiger partial charge is 0.133 e. The molecular weight excluding hydrogens is 328 g/mol. The zero-order valence-electron chi connectivity index (χ0n) is 11.2. The molecule has 0 radical (unpaired) electrons. The Kier molecular flexibility index (Phi) is 5.99. The predicted octanol–water partition coefficient (Wildman–Crippen LogP) is 5.09. The summed E-state index contributed by atoms with van der Waals surface area (Å²) in [7, 11) is 0. The van der Waals surface area contributed by atoms with E-state index in [9.17, 15) is 0 Å². The van der Waals surface area contributed by atoms with Gasteiger partial charge >= 0.3 is 0 Å². The average Bonchev–Trinajstić information content (AvgIpc) is 2.91. The Hall–Kier alpha value is -0.250. The van der Waals surface area contributed by atoms with Crippen molar-refractivity contribution in [3.63, 3.8) is 0 Å². The third-order valence-corrected chi connectivity index (χ3v) is 4.47. The molecule has 1 fully saturated rings. The van der Waals surface area contributed by atoms with E-state index in [1.807, 2.05) is 19.1 Å². The monoisotopic (exact) mass is 346 g/mol. The van der Waals surface area contributed by atoms with Gasteiger partial charge in [-0.1, -0.05) is 6.07 Å². The lowest BCUT2D eigenvalue weighted by atomic mass is 10.0. The van der Waals surface area contributed by atoms with Crippen LogP contribution in [0.4, 0.5) is 0 Å². The van der Waals surface area contributed by atoms with Gasteiger partial charge in [0.1, 0.15) is 5.75 Å². The van der Waals surface area contributed by atoms with Gasteiger partial charge in [-0.3, -0.25) is 0 Å². The number of rotatable bonds is 6. The van der Waals surface area contributed by atoms with Crippen LogP contribution in [0.15, 0.2) is 22.7 Å². The maximum atomic E-state index is 6.47. The Balaban J connectivity index is 1.90. The third kappa shape index (κ3) is 4.37. The highest BCUT2D eigenvalue weighted by Gasteiger charge is 2.18. The van der Waals surface area contributed by atoms with Gasteiger partial charge < -0.3 is 9.47 Å². The van der Waals surface area contributed by atoms with Crippen LogP contribution in [-0.4, -0.2) is 19.3 Å². The van der Waals surface area contributed by atoms with Crippen LogP contribution >= 0.6 is 27.5 Å². The van der Waals surface area contributed by atoms with Gasteiger partial charge in [0.2, 0.25) is 0 Å². The predicted molar refractivity (Wildman–Crippen MR) is 82.1 cm³/mol. The van der Waals surface area contributed by atoms with Crippen molar-refractivity contribution < 1.29 is 9.47 Å². The highest BCUT2D eigenvalue weighted by Crippen LogP contribution is 2.33. The molecular formula is C15H20BrClO2. The number of benzene rings is 1. The Bertz CT molecular complexity index is 405. The van der Waals surface area contributed by atoms with E-state index in [2.05, 4.69) is 22.0 Å². The third-order valence-electron chi connectivity index (χ3n) is 3.38. The minimum absolute atomic E-state index is 0.0381. The van der Waals surface area contributed by atoms with Crippen molar-refractivity contribution in [2.75, 3.05) is 13.2 Å². The number of ether oxygens (including phenoxy) is 2. The lowest BCUT2D eigenvalue weighted by molar-refractivity contribution is 0.102. The standard InChI is InChI=1S/C15H20BrClO2/c1-2-18-15-8-5-11(10-13(15)16)14(17)7-6-12-4-3-9-19-12/h5,8,10,12,14H,2-4,6-7,9H2,1H3. The van der Waals surface area contributed by atoms with Crippen LogP contribution in [0.25, 0.3) is 0 Å². The summed E-state index contributed by atoms with van der Waals surface area (Å²) < 4.78 is 12.1. The molecule has 1 aromatic rings. The molecule has 1 aliphatic heterocycles. The van der Waals surface area contributed by atoms with E-state index in [1.165, 1.54) is 12.8 Å². The van der Waals surface area contributed by atoms with Crippen molar-refractivity contribution in [1.82, 2.24) is 0 Å². The summed E-state index contributed by atoms with van der Waals surface area (Å²) in [6, 6.07) is 6.07. The highest BCUT2D eigenvalue weighted by molar-refractivity contribution is 9.10. The molecule has 4 heteroatoms. The quantitative estimate of drug-likeness (QED) is 0.668. The molecule has 1 saturated heterocycles. The summed E-state index contributed by atoms with van der Waals surface area (Å²) in [6.07, 6.45) is 4.77. The molecule has 2 nitrogen and oxygen atoms in total. The molecule has 0 amide bonds. The molecule has 0 aromatic heterocycles. The molecule has 1 heterocycles. The SMILES string of the molecule is CCOc1ccc(C(Cl)CCC2CCCO2)cc1Br. The van der Waals surface area contributed by atoms with Gasteiger partial charge in [0.25, 0.3) is 0 Å². The summed E-state index contributed by atoms with van der Waals surface area (Å²) in [5.74, 6) is 0.870. The van der Waals surface area contributed by atoms with Crippen molar-refractivity contribution in [2.45, 2.75) is 44.1 Å². The fraction of sp³-hybridized carbons (Fsp3) is 0.600. The van der Waals surface area contributed by atoms with Gasteiger partial charge in [-0.2, -0.15) is 0 Å². The van der Waals surface area contributed by atoms with Crippen molar-refractivity contribution in [3.8, 4) is 5.75 Å². The Morgan fingerprint density at radius 3 is 3.00 bits per heavy atom. The lowest BCUT2D eigenvalue weighted by Crippen LogP contribution is -2.06. The second kappa shape index (κ2) is 7.51. The molecule has 0 aliphatic carbocycles. The molecule has 0 N–H and O–H groups in total. The highest BCUT2D eigenvalue weighted by atomic mass is 79.9. The fourth-order valence-corrected chi connectivity index (χ4v) is 3.13. The van der Waals surface area contributed by atoms with Crippen LogP contribution < -0.4 is 4.74 Å². The second-order valence-corrected chi connectivity index (χ2v) is 6.18. The summed E-state index contributed by atoms with van der Waals surface area (Å²) in [5, 5.41) is 0.0381. The number of alkyl halides is 1. The van der Waals surface area contributed by atoms with Crippen LogP contribution in [0.5, 0.6) is 5.75 Å². The molecule has 1 aromatic carbocycles. The van der Waals surface area contributed by atoms with Crippen molar-refractivity contribution in [1.29, 1.82) is 0 Å². The summed E-state index contributed by atoms with van der Waals surface area (Å²) >= 11 is 9.99. The average molecular weight is 348 g/mol. The van der Waals surface area contributed by atoms with Gasteiger partial charge in [-0.25, -0.2) is 0 Å². The van der Waals surface area contributed by atoms with Crippen LogP contribution in [0.2, 0.25) is 0 Å². The molecule has 0 saturated carbocycles. The van der Waals surface area contributed by atoms with E-state index in [0.29, 0.717) is 12.7 Å². The van der Waals surface area contributed by atoms with E-state index in [0.717, 1.165) is 35.2 Å². The van der Waals surface area contributed by atoms with E-state index in [4.69, 9.17) is 21.1 Å².